The summed E-state index contributed by atoms with van der Waals surface area (Å²) in [5, 5.41) is 4.19. The maximum absolute atomic E-state index is 4.19. The quantitative estimate of drug-likeness (QED) is 0.537. The predicted molar refractivity (Wildman–Crippen MR) is 37.7 cm³/mol. The first-order chi connectivity index (χ1) is 4.86. The second-order valence-electron chi connectivity index (χ2n) is 2.24. The molecule has 0 fully saturated rings. The van der Waals surface area contributed by atoms with Crippen molar-refractivity contribution in [2.24, 2.45) is 0 Å². The fourth-order valence-corrected chi connectivity index (χ4v) is 0.911. The van der Waals surface area contributed by atoms with E-state index in [1.54, 1.807) is 17.0 Å². The molecule has 0 aliphatic carbocycles. The summed E-state index contributed by atoms with van der Waals surface area (Å²) in [6, 6.07) is 3.96. The van der Waals surface area contributed by atoms with Gasteiger partial charge in [0.2, 0.25) is 0 Å². The van der Waals surface area contributed by atoms with Crippen LogP contribution in [0, 0.1) is 6.92 Å². The van der Waals surface area contributed by atoms with Crippen LogP contribution in [0.2, 0.25) is 0 Å². The fraction of sp³-hybridized carbons (Fsp3) is 0.143. The normalized spacial score (nSPS) is 10.5. The Morgan fingerprint density at radius 2 is 2.30 bits per heavy atom. The number of aryl methyl sites for hydroxylation is 1. The Kier molecular flexibility index (Phi) is 0.974. The van der Waals surface area contributed by atoms with Gasteiger partial charge >= 0.3 is 0 Å². The molecule has 0 atom stereocenters. The number of fused-ring (bicyclic) bond motifs is 1. The van der Waals surface area contributed by atoms with E-state index in [1.807, 2.05) is 19.1 Å². The van der Waals surface area contributed by atoms with Crippen LogP contribution in [0.25, 0.3) is 5.52 Å². The van der Waals surface area contributed by atoms with Crippen LogP contribution in [0.5, 0.6) is 0 Å². The first-order valence-corrected chi connectivity index (χ1v) is 3.12. The first-order valence-electron chi connectivity index (χ1n) is 3.12. The van der Waals surface area contributed by atoms with E-state index in [2.05, 4.69) is 10.1 Å². The molecule has 0 saturated heterocycles. The van der Waals surface area contributed by atoms with E-state index in [4.69, 9.17) is 0 Å². The summed E-state index contributed by atoms with van der Waals surface area (Å²) < 4.78 is 1.76. The molecule has 3 heteroatoms. The molecule has 0 saturated carbocycles. The van der Waals surface area contributed by atoms with Gasteiger partial charge in [-0.15, -0.1) is 0 Å². The summed E-state index contributed by atoms with van der Waals surface area (Å²) >= 11 is 0. The van der Waals surface area contributed by atoms with Crippen molar-refractivity contribution in [1.29, 1.82) is 0 Å². The summed E-state index contributed by atoms with van der Waals surface area (Å²) in [6.45, 7) is 1.96. The van der Waals surface area contributed by atoms with Gasteiger partial charge in [0.05, 0.1) is 17.4 Å². The molecule has 3 nitrogen and oxygen atoms in total. The molecule has 10 heavy (non-hydrogen) atoms. The van der Waals surface area contributed by atoms with Gasteiger partial charge in [0.15, 0.2) is 0 Å². The maximum Gasteiger partial charge on any atom is 0.117 e. The Hall–Kier alpha value is -1.38. The molecule has 2 rings (SSSR count). The van der Waals surface area contributed by atoms with Gasteiger partial charge in [-0.05, 0) is 19.1 Å². The highest BCUT2D eigenvalue weighted by molar-refractivity contribution is 5.42. The Labute approximate surface area is 58.3 Å². The van der Waals surface area contributed by atoms with Crippen LogP contribution in [0.1, 0.15) is 5.69 Å². The number of aromatic nitrogens is 3. The highest BCUT2D eigenvalue weighted by Crippen LogP contribution is 1.99. The molecule has 2 heterocycles. The molecule has 0 aromatic carbocycles. The van der Waals surface area contributed by atoms with E-state index >= 15 is 0 Å². The lowest BCUT2D eigenvalue weighted by molar-refractivity contribution is 0.893. The molecule has 0 unspecified atom stereocenters. The van der Waals surface area contributed by atoms with E-state index in [0.29, 0.717) is 0 Å². The van der Waals surface area contributed by atoms with Crippen molar-refractivity contribution in [3.05, 3.63) is 30.4 Å². The third kappa shape index (κ3) is 0.673. The van der Waals surface area contributed by atoms with Crippen LogP contribution in [-0.4, -0.2) is 14.6 Å². The van der Waals surface area contributed by atoms with Gasteiger partial charge in [0.1, 0.15) is 6.33 Å². The lowest BCUT2D eigenvalue weighted by Crippen LogP contribution is -1.90. The van der Waals surface area contributed by atoms with Crippen LogP contribution in [0.15, 0.2) is 24.7 Å². The SMILES string of the molecule is Cc1ccc2cncn2n1. The topological polar surface area (TPSA) is 30.2 Å². The van der Waals surface area contributed by atoms with Crippen LogP contribution in [0.4, 0.5) is 0 Å². The van der Waals surface area contributed by atoms with Crippen molar-refractivity contribution in [1.82, 2.24) is 14.6 Å². The fourth-order valence-electron chi connectivity index (χ4n) is 0.911. The standard InChI is InChI=1S/C7H7N3/c1-6-2-3-7-4-8-5-10(7)9-6/h2-5H,1H3. The third-order valence-corrected chi connectivity index (χ3v) is 1.41. The van der Waals surface area contributed by atoms with Gasteiger partial charge < -0.3 is 0 Å². The summed E-state index contributed by atoms with van der Waals surface area (Å²) in [6.07, 6.45) is 3.48. The van der Waals surface area contributed by atoms with Crippen molar-refractivity contribution in [3.63, 3.8) is 0 Å². The Balaban J connectivity index is 2.86. The molecule has 50 valence electrons. The third-order valence-electron chi connectivity index (χ3n) is 1.41. The first kappa shape index (κ1) is 5.41. The Morgan fingerprint density at radius 3 is 3.20 bits per heavy atom. The predicted octanol–water partition coefficient (Wildman–Crippen LogP) is 1.04. The second kappa shape index (κ2) is 1.80. The maximum atomic E-state index is 4.19. The molecule has 0 bridgehead atoms. The lowest BCUT2D eigenvalue weighted by atomic mass is 10.4. The minimum Gasteiger partial charge on any atom is -0.243 e. The zero-order valence-electron chi connectivity index (χ0n) is 5.65. The minimum absolute atomic E-state index is 1.01. The molecular formula is C7H7N3. The molecule has 0 amide bonds. The molecule has 0 spiro atoms. The van der Waals surface area contributed by atoms with E-state index in [9.17, 15) is 0 Å². The summed E-state index contributed by atoms with van der Waals surface area (Å²) in [4.78, 5) is 3.94. The average molecular weight is 133 g/mol. The van der Waals surface area contributed by atoms with Gasteiger partial charge in [0.25, 0.3) is 0 Å². The monoisotopic (exact) mass is 133 g/mol. The smallest absolute Gasteiger partial charge is 0.117 e. The second-order valence-corrected chi connectivity index (χ2v) is 2.24. The molecule has 0 aliphatic heterocycles. The average Bonchev–Trinajstić information content (AvgIpc) is 2.33. The molecular weight excluding hydrogens is 126 g/mol. The molecule has 2 aromatic heterocycles. The van der Waals surface area contributed by atoms with E-state index < -0.39 is 0 Å². The van der Waals surface area contributed by atoms with Gasteiger partial charge in [0, 0.05) is 0 Å². The van der Waals surface area contributed by atoms with Gasteiger partial charge in [-0.3, -0.25) is 0 Å². The number of nitrogens with zero attached hydrogens (tertiary/aromatic N) is 3. The van der Waals surface area contributed by atoms with Crippen LogP contribution in [0.3, 0.4) is 0 Å². The molecule has 0 N–H and O–H groups in total. The van der Waals surface area contributed by atoms with Crippen molar-refractivity contribution < 1.29 is 0 Å². The Bertz CT molecular complexity index is 350. The van der Waals surface area contributed by atoms with Gasteiger partial charge in [-0.2, -0.15) is 5.10 Å². The molecule has 0 aliphatic rings. The zero-order valence-corrected chi connectivity index (χ0v) is 5.65. The van der Waals surface area contributed by atoms with Crippen LogP contribution >= 0.6 is 0 Å². The number of imidazole rings is 1. The minimum atomic E-state index is 1.01. The Morgan fingerprint density at radius 1 is 1.40 bits per heavy atom. The van der Waals surface area contributed by atoms with Crippen molar-refractivity contribution in [2.45, 2.75) is 6.92 Å². The largest absolute Gasteiger partial charge is 0.243 e. The number of hydrogen-bond acceptors (Lipinski definition) is 2. The number of rotatable bonds is 0. The highest BCUT2D eigenvalue weighted by atomic mass is 15.2. The van der Waals surface area contributed by atoms with E-state index in [0.717, 1.165) is 11.2 Å². The number of hydrogen-bond donors (Lipinski definition) is 0. The lowest BCUT2D eigenvalue weighted by Gasteiger charge is -1.91. The van der Waals surface area contributed by atoms with Gasteiger partial charge in [-0.25, -0.2) is 9.50 Å². The van der Waals surface area contributed by atoms with Gasteiger partial charge in [-0.1, -0.05) is 0 Å². The summed E-state index contributed by atoms with van der Waals surface area (Å²) in [5.74, 6) is 0. The summed E-state index contributed by atoms with van der Waals surface area (Å²) in [5.41, 5.74) is 2.04. The van der Waals surface area contributed by atoms with Crippen molar-refractivity contribution in [2.75, 3.05) is 0 Å². The van der Waals surface area contributed by atoms with E-state index in [-0.39, 0.29) is 0 Å². The highest BCUT2D eigenvalue weighted by Gasteiger charge is 1.91. The van der Waals surface area contributed by atoms with E-state index in [1.165, 1.54) is 0 Å². The van der Waals surface area contributed by atoms with Crippen LogP contribution in [-0.2, 0) is 0 Å². The van der Waals surface area contributed by atoms with Crippen molar-refractivity contribution in [3.8, 4) is 0 Å². The molecule has 2 aromatic rings. The van der Waals surface area contributed by atoms with Crippen LogP contribution < -0.4 is 0 Å². The molecule has 0 radical (unpaired) electrons. The summed E-state index contributed by atoms with van der Waals surface area (Å²) in [7, 11) is 0. The zero-order chi connectivity index (χ0) is 6.97. The van der Waals surface area contributed by atoms with Crippen molar-refractivity contribution >= 4 is 5.52 Å².